The third-order valence-corrected chi connectivity index (χ3v) is 6.49. The lowest BCUT2D eigenvalue weighted by atomic mass is 10.1. The van der Waals surface area contributed by atoms with Gasteiger partial charge in [0.15, 0.2) is 0 Å². The fourth-order valence-electron chi connectivity index (χ4n) is 3.59. The van der Waals surface area contributed by atoms with Crippen LogP contribution in [0.25, 0.3) is 10.2 Å². The van der Waals surface area contributed by atoms with E-state index in [4.69, 9.17) is 26.2 Å². The molecule has 2 N–H and O–H groups in total. The first-order valence-corrected chi connectivity index (χ1v) is 11.2. The molecule has 1 aromatic carbocycles. The van der Waals surface area contributed by atoms with E-state index in [0.717, 1.165) is 16.9 Å². The molecular weight excluding hydrogens is 474 g/mol. The number of aromatic nitrogens is 2. The van der Waals surface area contributed by atoms with Gasteiger partial charge in [-0.2, -0.15) is 4.98 Å². The van der Waals surface area contributed by atoms with Crippen LogP contribution in [0.3, 0.4) is 0 Å². The van der Waals surface area contributed by atoms with Gasteiger partial charge in [-0.25, -0.2) is 9.78 Å². The minimum atomic E-state index is -1.29. The van der Waals surface area contributed by atoms with Crippen molar-refractivity contribution < 1.29 is 24.3 Å². The summed E-state index contributed by atoms with van der Waals surface area (Å²) in [6, 6.07) is 6.86. The van der Waals surface area contributed by atoms with Crippen LogP contribution in [0.2, 0.25) is 5.02 Å². The molecule has 1 aliphatic rings. The van der Waals surface area contributed by atoms with Crippen LogP contribution in [0.4, 0.5) is 21.6 Å². The number of fused-ring (bicyclic) bond motifs is 1. The number of hydrogen-bond donors (Lipinski definition) is 2. The highest BCUT2D eigenvalue weighted by Crippen LogP contribution is 2.36. The Morgan fingerprint density at radius 3 is 2.76 bits per heavy atom. The molecule has 0 radical (unpaired) electrons. The van der Waals surface area contributed by atoms with E-state index in [0.29, 0.717) is 65.2 Å². The average molecular weight is 494 g/mol. The molecule has 1 saturated heterocycles. The van der Waals surface area contributed by atoms with Crippen LogP contribution in [0, 0.1) is 10.1 Å². The van der Waals surface area contributed by atoms with Crippen LogP contribution in [0.5, 0.6) is 5.75 Å². The Hall–Kier alpha value is -3.38. The number of halogens is 1. The Balaban J connectivity index is 1.59. The molecule has 0 spiro atoms. The molecular formula is C20H20ClN5O6S. The number of carboxylic acid groups (broad SMARTS) is 1. The van der Waals surface area contributed by atoms with Crippen molar-refractivity contribution in [2.24, 2.45) is 0 Å². The van der Waals surface area contributed by atoms with Crippen LogP contribution in [0.1, 0.15) is 18.4 Å². The van der Waals surface area contributed by atoms with Gasteiger partial charge in [-0.1, -0.05) is 17.7 Å². The highest BCUT2D eigenvalue weighted by molar-refractivity contribution is 7.21. The first kappa shape index (κ1) is 22.8. The summed E-state index contributed by atoms with van der Waals surface area (Å²) in [5.74, 6) is 1.45. The largest absolute Gasteiger partial charge is 0.506 e. The monoisotopic (exact) mass is 493 g/mol. The fraction of sp³-hybridized carbons (Fsp3) is 0.350. The van der Waals surface area contributed by atoms with Crippen LogP contribution in [0.15, 0.2) is 24.3 Å². The number of methoxy groups -OCH3 is 1. The SMILES string of the molecule is COc1ccc(CNc2nc(N3CCC(OC(=O)O)CC3)nc3sc([N+](=O)[O-])cc23)cc1Cl. The normalized spacial score (nSPS) is 14.3. The fourth-order valence-corrected chi connectivity index (χ4v) is 4.71. The van der Waals surface area contributed by atoms with Crippen molar-refractivity contribution >= 4 is 56.1 Å². The predicted molar refractivity (Wildman–Crippen MR) is 124 cm³/mol. The van der Waals surface area contributed by atoms with E-state index in [9.17, 15) is 14.9 Å². The molecule has 3 heterocycles. The molecule has 0 bridgehead atoms. The van der Waals surface area contributed by atoms with E-state index in [-0.39, 0.29) is 11.1 Å². The summed E-state index contributed by atoms with van der Waals surface area (Å²) in [6.45, 7) is 1.39. The predicted octanol–water partition coefficient (Wildman–Crippen LogP) is 4.54. The number of benzene rings is 1. The summed E-state index contributed by atoms with van der Waals surface area (Å²) >= 11 is 7.19. The van der Waals surface area contributed by atoms with Crippen LogP contribution in [-0.2, 0) is 11.3 Å². The van der Waals surface area contributed by atoms with Gasteiger partial charge < -0.3 is 24.8 Å². The van der Waals surface area contributed by atoms with E-state index in [2.05, 4.69) is 15.3 Å². The van der Waals surface area contributed by atoms with Crippen molar-refractivity contribution in [2.45, 2.75) is 25.5 Å². The number of anilines is 2. The maximum absolute atomic E-state index is 11.3. The summed E-state index contributed by atoms with van der Waals surface area (Å²) in [6.07, 6.45) is -0.651. The zero-order valence-electron chi connectivity index (χ0n) is 17.5. The quantitative estimate of drug-likeness (QED) is 0.274. The lowest BCUT2D eigenvalue weighted by molar-refractivity contribution is -0.380. The molecule has 0 saturated carbocycles. The number of rotatable bonds is 7. The Morgan fingerprint density at radius 1 is 1.36 bits per heavy atom. The molecule has 0 aliphatic carbocycles. The topological polar surface area (TPSA) is 140 Å². The number of carbonyl (C=O) groups is 1. The first-order chi connectivity index (χ1) is 15.8. The Bertz CT molecular complexity index is 1200. The molecule has 13 heteroatoms. The van der Waals surface area contributed by atoms with Gasteiger partial charge in [0, 0.05) is 38.5 Å². The van der Waals surface area contributed by atoms with E-state index >= 15 is 0 Å². The van der Waals surface area contributed by atoms with Crippen molar-refractivity contribution in [2.75, 3.05) is 30.4 Å². The Labute approximate surface area is 197 Å². The summed E-state index contributed by atoms with van der Waals surface area (Å²) in [7, 11) is 1.54. The number of piperidine rings is 1. The van der Waals surface area contributed by atoms with Crippen molar-refractivity contribution in [1.29, 1.82) is 0 Å². The summed E-state index contributed by atoms with van der Waals surface area (Å²) < 4.78 is 10.0. The summed E-state index contributed by atoms with van der Waals surface area (Å²) in [4.78, 5) is 33.2. The third kappa shape index (κ3) is 5.17. The molecule has 2 aromatic heterocycles. The smallest absolute Gasteiger partial charge is 0.495 e. The maximum atomic E-state index is 11.3. The van der Waals surface area contributed by atoms with E-state index in [1.807, 2.05) is 11.0 Å². The number of hydrogen-bond acceptors (Lipinski definition) is 10. The van der Waals surface area contributed by atoms with Crippen molar-refractivity contribution in [3.8, 4) is 5.75 Å². The van der Waals surface area contributed by atoms with Gasteiger partial charge in [-0.15, -0.1) is 0 Å². The van der Waals surface area contributed by atoms with Crippen molar-refractivity contribution in [3.63, 3.8) is 0 Å². The second kappa shape index (κ2) is 9.63. The van der Waals surface area contributed by atoms with Gasteiger partial charge in [-0.05, 0) is 29.0 Å². The van der Waals surface area contributed by atoms with Gasteiger partial charge in [0.2, 0.25) is 5.95 Å². The van der Waals surface area contributed by atoms with Crippen LogP contribution >= 0.6 is 22.9 Å². The second-order valence-corrected chi connectivity index (χ2v) is 8.74. The average Bonchev–Trinajstić information content (AvgIpc) is 3.22. The molecule has 3 aromatic rings. The number of thiophene rings is 1. The molecule has 1 fully saturated rings. The molecule has 4 rings (SSSR count). The van der Waals surface area contributed by atoms with E-state index in [1.165, 1.54) is 6.07 Å². The number of nitrogens with one attached hydrogen (secondary N) is 1. The molecule has 174 valence electrons. The van der Waals surface area contributed by atoms with E-state index in [1.54, 1.807) is 19.2 Å². The summed E-state index contributed by atoms with van der Waals surface area (Å²) in [5.41, 5.74) is 0.880. The number of ether oxygens (including phenoxy) is 2. The van der Waals surface area contributed by atoms with E-state index < -0.39 is 11.1 Å². The molecule has 0 atom stereocenters. The van der Waals surface area contributed by atoms with Crippen molar-refractivity contribution in [3.05, 3.63) is 45.0 Å². The van der Waals surface area contributed by atoms with Crippen LogP contribution in [-0.4, -0.2) is 52.5 Å². The van der Waals surface area contributed by atoms with Gasteiger partial charge in [0.05, 0.1) is 22.4 Å². The van der Waals surface area contributed by atoms with Crippen LogP contribution < -0.4 is 15.0 Å². The molecule has 33 heavy (non-hydrogen) atoms. The molecule has 0 unspecified atom stereocenters. The highest BCUT2D eigenvalue weighted by atomic mass is 35.5. The Kier molecular flexibility index (Phi) is 6.65. The molecule has 11 nitrogen and oxygen atoms in total. The third-order valence-electron chi connectivity index (χ3n) is 5.22. The standard InChI is InChI=1S/C20H20ClN5O6S/c1-31-15-3-2-11(8-14(15)21)10-22-17-13-9-16(26(29)30)33-18(13)24-19(23-17)25-6-4-12(5-7-25)32-20(27)28/h2-3,8-9,12H,4-7,10H2,1H3,(H,27,28)(H,22,23,24). The van der Waals surface area contributed by atoms with Gasteiger partial charge in [0.1, 0.15) is 22.5 Å². The minimum absolute atomic E-state index is 0.0273. The maximum Gasteiger partial charge on any atom is 0.506 e. The zero-order valence-corrected chi connectivity index (χ0v) is 19.1. The minimum Gasteiger partial charge on any atom is -0.495 e. The molecule has 0 amide bonds. The van der Waals surface area contributed by atoms with Gasteiger partial charge in [0.25, 0.3) is 0 Å². The van der Waals surface area contributed by atoms with Gasteiger partial charge >= 0.3 is 11.2 Å². The first-order valence-electron chi connectivity index (χ1n) is 10.0. The lowest BCUT2D eigenvalue weighted by Gasteiger charge is -2.31. The van der Waals surface area contributed by atoms with Gasteiger partial charge in [-0.3, -0.25) is 10.1 Å². The number of nitro groups is 1. The molecule has 1 aliphatic heterocycles. The second-order valence-electron chi connectivity index (χ2n) is 7.33. The lowest BCUT2D eigenvalue weighted by Crippen LogP contribution is -2.38. The number of nitrogens with zero attached hydrogens (tertiary/aromatic N) is 4. The van der Waals surface area contributed by atoms with Crippen molar-refractivity contribution in [1.82, 2.24) is 9.97 Å². The highest BCUT2D eigenvalue weighted by Gasteiger charge is 2.25. The summed E-state index contributed by atoms with van der Waals surface area (Å²) in [5, 5.41) is 24.4. The zero-order chi connectivity index (χ0) is 23.5. The Morgan fingerprint density at radius 2 is 2.12 bits per heavy atom.